The molecule has 0 saturated heterocycles. The normalized spacial score (nSPS) is 10.4. The maximum absolute atomic E-state index is 11.6. The molecule has 0 fully saturated rings. The Kier molecular flexibility index (Phi) is 7.84. The number of carbonyl (C=O) groups excluding carboxylic acids is 1. The molecule has 0 heterocycles. The first kappa shape index (κ1) is 18.0. The van der Waals surface area contributed by atoms with Gasteiger partial charge in [0.05, 0.1) is 0 Å². The van der Waals surface area contributed by atoms with E-state index in [1.165, 1.54) is 5.56 Å². The molecule has 128 valence electrons. The molecule has 0 aromatic heterocycles. The van der Waals surface area contributed by atoms with Crippen molar-refractivity contribution in [2.75, 3.05) is 20.1 Å². The van der Waals surface area contributed by atoms with Crippen LogP contribution < -0.4 is 15.4 Å². The number of hydrogen-bond acceptors (Lipinski definition) is 3. The second-order valence-corrected chi connectivity index (χ2v) is 5.73. The maximum Gasteiger partial charge on any atom is 0.220 e. The molecule has 0 aliphatic heterocycles. The van der Waals surface area contributed by atoms with Gasteiger partial charge in [-0.1, -0.05) is 42.5 Å². The van der Waals surface area contributed by atoms with E-state index >= 15 is 0 Å². The molecule has 2 aromatic rings. The zero-order valence-electron chi connectivity index (χ0n) is 14.3. The molecule has 24 heavy (non-hydrogen) atoms. The third-order valence-corrected chi connectivity index (χ3v) is 3.74. The van der Waals surface area contributed by atoms with Crippen molar-refractivity contribution in [1.29, 1.82) is 0 Å². The first-order valence-corrected chi connectivity index (χ1v) is 8.45. The van der Waals surface area contributed by atoms with Gasteiger partial charge < -0.3 is 15.4 Å². The Morgan fingerprint density at radius 3 is 2.42 bits per heavy atom. The quantitative estimate of drug-likeness (QED) is 0.660. The Morgan fingerprint density at radius 2 is 1.71 bits per heavy atom. The van der Waals surface area contributed by atoms with Crippen LogP contribution in [0.4, 0.5) is 0 Å². The van der Waals surface area contributed by atoms with Crippen LogP contribution in [0.3, 0.4) is 0 Å². The van der Waals surface area contributed by atoms with Crippen LogP contribution in [0.1, 0.15) is 24.0 Å². The van der Waals surface area contributed by atoms with Crippen molar-refractivity contribution in [2.45, 2.75) is 25.9 Å². The number of rotatable bonds is 10. The Bertz CT molecular complexity index is 597. The highest BCUT2D eigenvalue weighted by Gasteiger charge is 2.01. The van der Waals surface area contributed by atoms with Gasteiger partial charge in [0.25, 0.3) is 0 Å². The van der Waals surface area contributed by atoms with Gasteiger partial charge in [-0.2, -0.15) is 0 Å². The van der Waals surface area contributed by atoms with Gasteiger partial charge in [0.2, 0.25) is 5.91 Å². The molecule has 0 radical (unpaired) electrons. The zero-order valence-corrected chi connectivity index (χ0v) is 14.3. The van der Waals surface area contributed by atoms with Gasteiger partial charge in [-0.3, -0.25) is 4.79 Å². The molecular formula is C20H26N2O2. The molecule has 4 nitrogen and oxygen atoms in total. The molecule has 0 bridgehead atoms. The van der Waals surface area contributed by atoms with Crippen LogP contribution in [0.15, 0.2) is 54.6 Å². The van der Waals surface area contributed by atoms with Crippen LogP contribution in [0.5, 0.6) is 5.75 Å². The van der Waals surface area contributed by atoms with Gasteiger partial charge in [-0.25, -0.2) is 0 Å². The fourth-order valence-corrected chi connectivity index (χ4v) is 2.35. The topological polar surface area (TPSA) is 50.4 Å². The van der Waals surface area contributed by atoms with E-state index in [1.54, 1.807) is 0 Å². The van der Waals surface area contributed by atoms with E-state index in [4.69, 9.17) is 4.74 Å². The molecule has 0 aliphatic rings. The van der Waals surface area contributed by atoms with Crippen molar-refractivity contribution in [1.82, 2.24) is 10.6 Å². The van der Waals surface area contributed by atoms with Crippen molar-refractivity contribution in [3.63, 3.8) is 0 Å². The Balaban J connectivity index is 1.67. The molecule has 2 rings (SSSR count). The minimum absolute atomic E-state index is 0.119. The van der Waals surface area contributed by atoms with E-state index in [1.807, 2.05) is 61.6 Å². The highest BCUT2D eigenvalue weighted by molar-refractivity contribution is 5.75. The largest absolute Gasteiger partial charge is 0.489 e. The summed E-state index contributed by atoms with van der Waals surface area (Å²) in [6.07, 6.45) is 2.28. The van der Waals surface area contributed by atoms with Crippen molar-refractivity contribution < 1.29 is 9.53 Å². The highest BCUT2D eigenvalue weighted by atomic mass is 16.5. The summed E-state index contributed by atoms with van der Waals surface area (Å²) >= 11 is 0. The van der Waals surface area contributed by atoms with E-state index in [0.29, 0.717) is 19.6 Å². The van der Waals surface area contributed by atoms with E-state index in [9.17, 15) is 4.79 Å². The van der Waals surface area contributed by atoms with Gasteiger partial charge in [-0.15, -0.1) is 0 Å². The lowest BCUT2D eigenvalue weighted by Crippen LogP contribution is -2.26. The number of ether oxygens (including phenoxy) is 1. The number of benzene rings is 2. The Hall–Kier alpha value is -2.33. The molecule has 0 saturated carbocycles. The van der Waals surface area contributed by atoms with Crippen LogP contribution in [-0.4, -0.2) is 26.0 Å². The summed E-state index contributed by atoms with van der Waals surface area (Å²) < 4.78 is 5.77. The zero-order chi connectivity index (χ0) is 17.0. The van der Waals surface area contributed by atoms with E-state index in [0.717, 1.165) is 30.7 Å². The van der Waals surface area contributed by atoms with E-state index < -0.39 is 0 Å². The summed E-state index contributed by atoms with van der Waals surface area (Å²) in [5.41, 5.74) is 2.35. The van der Waals surface area contributed by atoms with Crippen LogP contribution in [0, 0.1) is 0 Å². The van der Waals surface area contributed by atoms with Crippen LogP contribution in [-0.2, 0) is 17.8 Å². The molecule has 4 heteroatoms. The van der Waals surface area contributed by atoms with Gasteiger partial charge in [0.1, 0.15) is 12.4 Å². The first-order valence-electron chi connectivity index (χ1n) is 8.45. The van der Waals surface area contributed by atoms with Gasteiger partial charge in [0.15, 0.2) is 0 Å². The predicted molar refractivity (Wildman–Crippen MR) is 97.1 cm³/mol. The number of hydrogen-bond donors (Lipinski definition) is 2. The number of amides is 1. The second kappa shape index (κ2) is 10.4. The summed E-state index contributed by atoms with van der Waals surface area (Å²) in [4.78, 5) is 11.6. The fourth-order valence-electron chi connectivity index (χ4n) is 2.35. The Labute approximate surface area is 144 Å². The van der Waals surface area contributed by atoms with Gasteiger partial charge in [0, 0.05) is 13.0 Å². The fraction of sp³-hybridized carbons (Fsp3) is 0.350. The number of carbonyl (C=O) groups is 1. The van der Waals surface area contributed by atoms with Gasteiger partial charge >= 0.3 is 0 Å². The molecule has 0 spiro atoms. The number of nitrogens with one attached hydrogen (secondary N) is 2. The van der Waals surface area contributed by atoms with Crippen molar-refractivity contribution in [3.05, 3.63) is 65.7 Å². The van der Waals surface area contributed by atoms with Crippen molar-refractivity contribution in [2.24, 2.45) is 0 Å². The average molecular weight is 326 g/mol. The van der Waals surface area contributed by atoms with Crippen LogP contribution in [0.25, 0.3) is 0 Å². The highest BCUT2D eigenvalue weighted by Crippen LogP contribution is 2.14. The summed E-state index contributed by atoms with van der Waals surface area (Å²) in [6, 6.07) is 18.2. The summed E-state index contributed by atoms with van der Waals surface area (Å²) in [5, 5.41) is 5.99. The monoisotopic (exact) mass is 326 g/mol. The molecule has 0 unspecified atom stereocenters. The van der Waals surface area contributed by atoms with Crippen LogP contribution >= 0.6 is 0 Å². The average Bonchev–Trinajstić information content (AvgIpc) is 2.62. The molecule has 0 aliphatic carbocycles. The minimum Gasteiger partial charge on any atom is -0.489 e. The lowest BCUT2D eigenvalue weighted by Gasteiger charge is -2.08. The van der Waals surface area contributed by atoms with Gasteiger partial charge in [-0.05, 0) is 49.7 Å². The molecule has 0 atom stereocenters. The summed E-state index contributed by atoms with van der Waals surface area (Å²) in [5.74, 6) is 0.978. The predicted octanol–water partition coefficient (Wildman–Crippen LogP) is 2.92. The molecule has 1 amide bonds. The SMILES string of the molecule is CNCCCC(=O)NCCc1ccc(OCc2ccccc2)cc1. The molecule has 2 N–H and O–H groups in total. The maximum atomic E-state index is 11.6. The second-order valence-electron chi connectivity index (χ2n) is 5.73. The third-order valence-electron chi connectivity index (χ3n) is 3.74. The minimum atomic E-state index is 0.119. The Morgan fingerprint density at radius 1 is 0.958 bits per heavy atom. The van der Waals surface area contributed by atoms with Crippen molar-refractivity contribution >= 4 is 5.91 Å². The lowest BCUT2D eigenvalue weighted by molar-refractivity contribution is -0.121. The standard InChI is InChI=1S/C20H26N2O2/c1-21-14-5-8-20(23)22-15-13-17-9-11-19(12-10-17)24-16-18-6-3-2-4-7-18/h2-4,6-7,9-12,21H,5,8,13-16H2,1H3,(H,22,23). The molecule has 2 aromatic carbocycles. The lowest BCUT2D eigenvalue weighted by atomic mass is 10.1. The first-order chi connectivity index (χ1) is 11.8. The summed E-state index contributed by atoms with van der Waals surface area (Å²) in [7, 11) is 1.89. The smallest absolute Gasteiger partial charge is 0.220 e. The third kappa shape index (κ3) is 6.84. The molecular weight excluding hydrogens is 300 g/mol. The van der Waals surface area contributed by atoms with Crippen LogP contribution in [0.2, 0.25) is 0 Å². The van der Waals surface area contributed by atoms with E-state index in [2.05, 4.69) is 10.6 Å². The summed E-state index contributed by atoms with van der Waals surface area (Å²) in [6.45, 7) is 2.11. The van der Waals surface area contributed by atoms with Crippen molar-refractivity contribution in [3.8, 4) is 5.75 Å². The van der Waals surface area contributed by atoms with E-state index in [-0.39, 0.29) is 5.91 Å².